The fourth-order valence-corrected chi connectivity index (χ4v) is 4.25. The number of hydrogen-bond donors (Lipinski definition) is 1. The van der Waals surface area contributed by atoms with E-state index < -0.39 is 45.9 Å². The van der Waals surface area contributed by atoms with Gasteiger partial charge in [-0.05, 0) is 46.6 Å². The van der Waals surface area contributed by atoms with Crippen molar-refractivity contribution in [2.24, 2.45) is 0 Å². The van der Waals surface area contributed by atoms with E-state index in [1.165, 1.54) is 4.31 Å². The zero-order chi connectivity index (χ0) is 21.3. The quantitative estimate of drug-likeness (QED) is 0.760. The first kappa shape index (κ1) is 23.1. The lowest BCUT2D eigenvalue weighted by atomic mass is 9.78. The molecule has 28 heavy (non-hydrogen) atoms. The minimum atomic E-state index is -3.94. The average molecular weight is 420 g/mol. The van der Waals surface area contributed by atoms with E-state index in [1.54, 1.807) is 27.7 Å². The van der Waals surface area contributed by atoms with Gasteiger partial charge in [0.05, 0.1) is 16.9 Å². The molecule has 0 bridgehead atoms. The third-order valence-corrected chi connectivity index (χ3v) is 6.74. The standard InChI is InChI=1S/C16H23BF2N2O4S.C2H6.H2/c1-15(2)16(3,4)25-17(24-15)12-9-11(18)10-13(14(12)19)20-26(22,23)21-7-5-6-8-21;1-2;/h9-10,20H,5-8H2,1-4H3;1-2H3;1H. The van der Waals surface area contributed by atoms with Crippen molar-refractivity contribution < 1.29 is 27.9 Å². The van der Waals surface area contributed by atoms with Gasteiger partial charge in [0.1, 0.15) is 11.6 Å². The predicted molar refractivity (Wildman–Crippen MR) is 109 cm³/mol. The van der Waals surface area contributed by atoms with E-state index in [2.05, 4.69) is 4.72 Å². The first-order valence-corrected chi connectivity index (χ1v) is 11.0. The van der Waals surface area contributed by atoms with Gasteiger partial charge >= 0.3 is 17.3 Å². The van der Waals surface area contributed by atoms with Crippen LogP contribution in [0.4, 0.5) is 14.5 Å². The van der Waals surface area contributed by atoms with Crippen molar-refractivity contribution in [1.29, 1.82) is 0 Å². The molecule has 6 nitrogen and oxygen atoms in total. The monoisotopic (exact) mass is 420 g/mol. The lowest BCUT2D eigenvalue weighted by Gasteiger charge is -2.32. The fraction of sp³-hybridized carbons (Fsp3) is 0.667. The van der Waals surface area contributed by atoms with Gasteiger partial charge in [-0.1, -0.05) is 13.8 Å². The third kappa shape index (κ3) is 4.50. The summed E-state index contributed by atoms with van der Waals surface area (Å²) < 4.78 is 68.6. The summed E-state index contributed by atoms with van der Waals surface area (Å²) in [4.78, 5) is 0. The van der Waals surface area contributed by atoms with Crippen molar-refractivity contribution in [3.63, 3.8) is 0 Å². The van der Waals surface area contributed by atoms with E-state index in [0.29, 0.717) is 13.1 Å². The normalized spacial score (nSPS) is 21.4. The fourth-order valence-electron chi connectivity index (χ4n) is 2.96. The highest BCUT2D eigenvalue weighted by atomic mass is 32.2. The summed E-state index contributed by atoms with van der Waals surface area (Å²) in [7, 11) is -5.08. The molecular weight excluding hydrogens is 389 g/mol. The number of anilines is 1. The molecule has 0 amide bonds. The molecule has 0 atom stereocenters. The SMILES string of the molecule is CC.CC1(C)OB(c2cc(F)cc(NS(=O)(=O)N3CCCC3)c2F)OC1(C)C.[HH]. The summed E-state index contributed by atoms with van der Waals surface area (Å²) in [6.45, 7) is 11.9. The maximum Gasteiger partial charge on any atom is 0.498 e. The van der Waals surface area contributed by atoms with Crippen LogP contribution in [0.25, 0.3) is 0 Å². The molecule has 0 aromatic heterocycles. The maximum absolute atomic E-state index is 15.0. The summed E-state index contributed by atoms with van der Waals surface area (Å²) >= 11 is 0. The number of nitrogens with one attached hydrogen (secondary N) is 1. The van der Waals surface area contributed by atoms with Gasteiger partial charge in [-0.15, -0.1) is 0 Å². The van der Waals surface area contributed by atoms with E-state index in [4.69, 9.17) is 9.31 Å². The molecule has 0 aliphatic carbocycles. The minimum absolute atomic E-state index is 0. The zero-order valence-corrected chi connectivity index (χ0v) is 18.1. The van der Waals surface area contributed by atoms with Crippen molar-refractivity contribution in [1.82, 2.24) is 4.31 Å². The summed E-state index contributed by atoms with van der Waals surface area (Å²) in [5, 5.41) is 0. The van der Waals surface area contributed by atoms with Crippen molar-refractivity contribution in [2.45, 2.75) is 65.6 Å². The van der Waals surface area contributed by atoms with Crippen molar-refractivity contribution in [3.05, 3.63) is 23.8 Å². The molecule has 0 saturated carbocycles. The molecule has 10 heteroatoms. The molecule has 1 aromatic rings. The highest BCUT2D eigenvalue weighted by Gasteiger charge is 2.52. The lowest BCUT2D eigenvalue weighted by molar-refractivity contribution is 0.00578. The van der Waals surface area contributed by atoms with Crippen molar-refractivity contribution in [2.75, 3.05) is 17.8 Å². The molecule has 0 spiro atoms. The van der Waals surface area contributed by atoms with Crippen LogP contribution < -0.4 is 10.2 Å². The number of rotatable bonds is 4. The van der Waals surface area contributed by atoms with E-state index in [9.17, 15) is 17.2 Å². The highest BCUT2D eigenvalue weighted by molar-refractivity contribution is 7.90. The maximum atomic E-state index is 15.0. The Morgan fingerprint density at radius 2 is 1.57 bits per heavy atom. The molecule has 3 rings (SSSR count). The molecule has 0 radical (unpaired) electrons. The second-order valence-electron chi connectivity index (χ2n) is 7.66. The summed E-state index contributed by atoms with van der Waals surface area (Å²) in [6, 6.07) is 1.78. The average Bonchev–Trinajstić information content (AvgIpc) is 3.20. The Kier molecular flexibility index (Phi) is 6.80. The molecule has 2 heterocycles. The summed E-state index contributed by atoms with van der Waals surface area (Å²) in [6.07, 6.45) is 1.48. The zero-order valence-electron chi connectivity index (χ0n) is 17.3. The molecule has 1 aromatic carbocycles. The van der Waals surface area contributed by atoms with Gasteiger partial charge in [0.2, 0.25) is 0 Å². The van der Waals surface area contributed by atoms with E-state index >= 15 is 0 Å². The molecule has 2 fully saturated rings. The van der Waals surface area contributed by atoms with Gasteiger partial charge in [0.25, 0.3) is 0 Å². The topological polar surface area (TPSA) is 67.9 Å². The van der Waals surface area contributed by atoms with Crippen LogP contribution in [-0.4, -0.2) is 44.1 Å². The van der Waals surface area contributed by atoms with Crippen LogP contribution in [0.15, 0.2) is 12.1 Å². The largest absolute Gasteiger partial charge is 0.498 e. The number of halogens is 2. The van der Waals surface area contributed by atoms with Crippen LogP contribution in [0, 0.1) is 11.6 Å². The van der Waals surface area contributed by atoms with Crippen LogP contribution >= 0.6 is 0 Å². The minimum Gasteiger partial charge on any atom is -0.399 e. The van der Waals surface area contributed by atoms with Gasteiger partial charge in [0.15, 0.2) is 0 Å². The molecule has 2 aliphatic rings. The second kappa shape index (κ2) is 8.26. The molecule has 0 unspecified atom stereocenters. The van der Waals surface area contributed by atoms with Crippen LogP contribution in [0.3, 0.4) is 0 Å². The Morgan fingerprint density at radius 3 is 2.07 bits per heavy atom. The number of nitrogens with zero attached hydrogens (tertiary/aromatic N) is 1. The van der Waals surface area contributed by atoms with Gasteiger partial charge < -0.3 is 9.31 Å². The van der Waals surface area contributed by atoms with E-state index in [1.807, 2.05) is 13.8 Å². The second-order valence-corrected chi connectivity index (χ2v) is 9.33. The van der Waals surface area contributed by atoms with Crippen LogP contribution in [0.2, 0.25) is 0 Å². The van der Waals surface area contributed by atoms with Crippen LogP contribution in [0.1, 0.15) is 55.8 Å². The molecule has 2 saturated heterocycles. The number of hydrogen-bond acceptors (Lipinski definition) is 4. The van der Waals surface area contributed by atoms with Crippen LogP contribution in [-0.2, 0) is 19.5 Å². The Morgan fingerprint density at radius 1 is 1.07 bits per heavy atom. The van der Waals surface area contributed by atoms with Crippen molar-refractivity contribution >= 4 is 28.5 Å². The third-order valence-electron chi connectivity index (χ3n) is 5.22. The van der Waals surface area contributed by atoms with Gasteiger partial charge in [-0.2, -0.15) is 12.7 Å². The molecule has 160 valence electrons. The van der Waals surface area contributed by atoms with Gasteiger partial charge in [-0.25, -0.2) is 8.78 Å². The highest BCUT2D eigenvalue weighted by Crippen LogP contribution is 2.37. The molecule has 1 N–H and O–H groups in total. The van der Waals surface area contributed by atoms with Crippen LogP contribution in [0.5, 0.6) is 0 Å². The Hall–Kier alpha value is -1.23. The van der Waals surface area contributed by atoms with Crippen molar-refractivity contribution in [3.8, 4) is 0 Å². The summed E-state index contributed by atoms with van der Waals surface area (Å²) in [5.74, 6) is -1.69. The van der Waals surface area contributed by atoms with E-state index in [0.717, 1.165) is 25.0 Å². The van der Waals surface area contributed by atoms with Gasteiger partial charge in [-0.3, -0.25) is 4.72 Å². The first-order valence-electron chi connectivity index (χ1n) is 9.55. The first-order chi connectivity index (χ1) is 12.9. The van der Waals surface area contributed by atoms with Gasteiger partial charge in [0, 0.05) is 26.0 Å². The Labute approximate surface area is 168 Å². The predicted octanol–water partition coefficient (Wildman–Crippen LogP) is 3.29. The number of benzene rings is 1. The molecular formula is C18H31BF2N2O4S. The Balaban J connectivity index is 0.00000136. The van der Waals surface area contributed by atoms with E-state index in [-0.39, 0.29) is 6.89 Å². The smallest absolute Gasteiger partial charge is 0.399 e. The summed E-state index contributed by atoms with van der Waals surface area (Å²) in [5.41, 5.74) is -2.10. The lowest BCUT2D eigenvalue weighted by Crippen LogP contribution is -2.41. The Bertz CT molecular complexity index is 802. The molecule has 2 aliphatic heterocycles.